The topological polar surface area (TPSA) is 55.6 Å². The van der Waals surface area contributed by atoms with Crippen LogP contribution in [0.3, 0.4) is 0 Å². The first-order valence-electron chi connectivity index (χ1n) is 5.74. The number of hydrogen-bond acceptors (Lipinski definition) is 4. The Kier molecular flexibility index (Phi) is 3.30. The van der Waals surface area contributed by atoms with Crippen LogP contribution in [-0.2, 0) is 11.3 Å². The lowest BCUT2D eigenvalue weighted by Crippen LogP contribution is -2.32. The summed E-state index contributed by atoms with van der Waals surface area (Å²) in [6.45, 7) is 7.96. The van der Waals surface area contributed by atoms with Crippen LogP contribution in [0.1, 0.15) is 31.3 Å². The third-order valence-corrected chi connectivity index (χ3v) is 3.13. The van der Waals surface area contributed by atoms with E-state index >= 15 is 0 Å². The number of nitrogens with zero attached hydrogens (tertiary/aromatic N) is 2. The average molecular weight is 267 g/mol. The van der Waals surface area contributed by atoms with E-state index in [4.69, 9.17) is 4.74 Å². The van der Waals surface area contributed by atoms with Gasteiger partial charge in [-0.3, -0.25) is 4.40 Å². The van der Waals surface area contributed by atoms with Gasteiger partial charge in [0.15, 0.2) is 4.96 Å². The van der Waals surface area contributed by atoms with Gasteiger partial charge in [-0.25, -0.2) is 9.78 Å². The van der Waals surface area contributed by atoms with Crippen LogP contribution in [0.2, 0.25) is 0 Å². The van der Waals surface area contributed by atoms with E-state index in [1.165, 1.54) is 4.88 Å². The van der Waals surface area contributed by atoms with Crippen molar-refractivity contribution < 1.29 is 9.53 Å². The molecule has 0 spiro atoms. The first-order valence-corrected chi connectivity index (χ1v) is 6.56. The van der Waals surface area contributed by atoms with Crippen LogP contribution in [0.4, 0.5) is 4.79 Å². The van der Waals surface area contributed by atoms with Crippen molar-refractivity contribution in [1.82, 2.24) is 14.7 Å². The van der Waals surface area contributed by atoms with Crippen molar-refractivity contribution >= 4 is 22.4 Å². The molecule has 6 heteroatoms. The summed E-state index contributed by atoms with van der Waals surface area (Å²) < 4.78 is 7.16. The van der Waals surface area contributed by atoms with Gasteiger partial charge in [-0.15, -0.1) is 11.3 Å². The molecule has 2 heterocycles. The molecule has 0 atom stereocenters. The smallest absolute Gasteiger partial charge is 0.407 e. The van der Waals surface area contributed by atoms with Gasteiger partial charge in [0.1, 0.15) is 5.60 Å². The van der Waals surface area contributed by atoms with E-state index < -0.39 is 11.7 Å². The Bertz CT molecular complexity index is 565. The lowest BCUT2D eigenvalue weighted by Gasteiger charge is -2.19. The molecule has 0 bridgehead atoms. The largest absolute Gasteiger partial charge is 0.444 e. The minimum Gasteiger partial charge on any atom is -0.444 e. The van der Waals surface area contributed by atoms with Crippen LogP contribution < -0.4 is 5.32 Å². The fourth-order valence-electron chi connectivity index (χ4n) is 1.55. The number of ether oxygens (including phenoxy) is 1. The van der Waals surface area contributed by atoms with Crippen molar-refractivity contribution in [3.63, 3.8) is 0 Å². The van der Waals surface area contributed by atoms with E-state index in [2.05, 4.69) is 10.3 Å². The van der Waals surface area contributed by atoms with Crippen molar-refractivity contribution in [2.75, 3.05) is 0 Å². The zero-order valence-electron chi connectivity index (χ0n) is 11.0. The number of fused-ring (bicyclic) bond motifs is 1. The predicted molar refractivity (Wildman–Crippen MR) is 70.9 cm³/mol. The second-order valence-electron chi connectivity index (χ2n) is 5.10. The standard InChI is InChI=1S/C12H17N3O2S/c1-8-7-15-9(5-13-10(15)18-8)6-14-11(16)17-12(2,3)4/h5,7H,6H2,1-4H3,(H,14,16). The van der Waals surface area contributed by atoms with Crippen LogP contribution in [-0.4, -0.2) is 21.1 Å². The second kappa shape index (κ2) is 4.61. The molecule has 2 aromatic heterocycles. The molecule has 2 rings (SSSR count). The van der Waals surface area contributed by atoms with Gasteiger partial charge in [-0.2, -0.15) is 0 Å². The number of aromatic nitrogens is 2. The van der Waals surface area contributed by atoms with Crippen molar-refractivity contribution in [2.24, 2.45) is 0 Å². The fourth-order valence-corrected chi connectivity index (χ4v) is 2.37. The number of aryl methyl sites for hydroxylation is 1. The Morgan fingerprint density at radius 2 is 2.28 bits per heavy atom. The van der Waals surface area contributed by atoms with Gasteiger partial charge in [0.05, 0.1) is 18.4 Å². The van der Waals surface area contributed by atoms with Crippen molar-refractivity contribution in [3.8, 4) is 0 Å². The lowest BCUT2D eigenvalue weighted by molar-refractivity contribution is 0.0523. The number of imidazole rings is 1. The van der Waals surface area contributed by atoms with Crippen LogP contribution in [0.5, 0.6) is 0 Å². The quantitative estimate of drug-likeness (QED) is 0.910. The molecule has 1 amide bonds. The number of hydrogen-bond donors (Lipinski definition) is 1. The van der Waals surface area contributed by atoms with E-state index in [0.29, 0.717) is 6.54 Å². The number of carbonyl (C=O) groups excluding carboxylic acids is 1. The molecule has 0 aliphatic heterocycles. The maximum atomic E-state index is 11.5. The molecule has 98 valence electrons. The van der Waals surface area contributed by atoms with Gasteiger partial charge < -0.3 is 10.1 Å². The van der Waals surface area contributed by atoms with E-state index in [-0.39, 0.29) is 0 Å². The minimum atomic E-state index is -0.476. The second-order valence-corrected chi connectivity index (χ2v) is 6.31. The molecule has 0 aromatic carbocycles. The predicted octanol–water partition coefficient (Wildman–Crippen LogP) is 2.73. The van der Waals surface area contributed by atoms with Crippen LogP contribution in [0.25, 0.3) is 4.96 Å². The third kappa shape index (κ3) is 3.01. The molecule has 0 unspecified atom stereocenters. The monoisotopic (exact) mass is 267 g/mol. The van der Waals surface area contributed by atoms with Crippen LogP contribution >= 0.6 is 11.3 Å². The summed E-state index contributed by atoms with van der Waals surface area (Å²) in [7, 11) is 0. The van der Waals surface area contributed by atoms with E-state index in [1.807, 2.05) is 38.3 Å². The summed E-state index contributed by atoms with van der Waals surface area (Å²) in [6.07, 6.45) is 3.37. The molecule has 2 aromatic rings. The first-order chi connectivity index (χ1) is 8.35. The van der Waals surface area contributed by atoms with Crippen LogP contribution in [0, 0.1) is 6.92 Å². The highest BCUT2D eigenvalue weighted by atomic mass is 32.1. The van der Waals surface area contributed by atoms with Crippen molar-refractivity contribution in [2.45, 2.75) is 39.8 Å². The number of rotatable bonds is 2. The normalized spacial score (nSPS) is 11.8. The molecule has 1 N–H and O–H groups in total. The minimum absolute atomic E-state index is 0.409. The number of thiazole rings is 1. The summed E-state index contributed by atoms with van der Waals surface area (Å²) in [5, 5.41) is 2.73. The summed E-state index contributed by atoms with van der Waals surface area (Å²) in [5.74, 6) is 0. The number of nitrogens with one attached hydrogen (secondary N) is 1. The average Bonchev–Trinajstić information content (AvgIpc) is 2.71. The lowest BCUT2D eigenvalue weighted by atomic mass is 10.2. The maximum Gasteiger partial charge on any atom is 0.407 e. The molecule has 0 saturated carbocycles. The molecule has 0 aliphatic carbocycles. The van der Waals surface area contributed by atoms with E-state index in [9.17, 15) is 4.79 Å². The molecular formula is C12H17N3O2S. The van der Waals surface area contributed by atoms with E-state index in [0.717, 1.165) is 10.7 Å². The van der Waals surface area contributed by atoms with Crippen molar-refractivity contribution in [1.29, 1.82) is 0 Å². The van der Waals surface area contributed by atoms with Crippen molar-refractivity contribution in [3.05, 3.63) is 23.0 Å². The highest BCUT2D eigenvalue weighted by molar-refractivity contribution is 7.16. The number of amides is 1. The highest BCUT2D eigenvalue weighted by Crippen LogP contribution is 2.17. The first kappa shape index (κ1) is 12.9. The Morgan fingerprint density at radius 1 is 1.56 bits per heavy atom. The Morgan fingerprint density at radius 3 is 2.94 bits per heavy atom. The molecule has 18 heavy (non-hydrogen) atoms. The van der Waals surface area contributed by atoms with Gasteiger partial charge in [-0.1, -0.05) is 0 Å². The van der Waals surface area contributed by atoms with Gasteiger partial charge in [0.25, 0.3) is 0 Å². The van der Waals surface area contributed by atoms with Gasteiger partial charge >= 0.3 is 6.09 Å². The summed E-state index contributed by atoms with van der Waals surface area (Å²) >= 11 is 1.63. The molecule has 0 radical (unpaired) electrons. The highest BCUT2D eigenvalue weighted by Gasteiger charge is 2.16. The Balaban J connectivity index is 2.00. The third-order valence-electron chi connectivity index (χ3n) is 2.22. The summed E-state index contributed by atoms with van der Waals surface area (Å²) in [5.41, 5.74) is 0.468. The Hall–Kier alpha value is -1.56. The molecular weight excluding hydrogens is 250 g/mol. The summed E-state index contributed by atoms with van der Waals surface area (Å²) in [4.78, 5) is 17.9. The fraction of sp³-hybridized carbons (Fsp3) is 0.500. The zero-order chi connectivity index (χ0) is 13.3. The molecule has 0 aliphatic rings. The number of alkyl carbamates (subject to hydrolysis) is 1. The van der Waals surface area contributed by atoms with Gasteiger partial charge in [-0.05, 0) is 27.7 Å². The van der Waals surface area contributed by atoms with Gasteiger partial charge in [0, 0.05) is 11.1 Å². The number of carbonyl (C=O) groups is 1. The van der Waals surface area contributed by atoms with E-state index in [1.54, 1.807) is 17.5 Å². The molecule has 0 saturated heterocycles. The van der Waals surface area contributed by atoms with Gasteiger partial charge in [0.2, 0.25) is 0 Å². The SMILES string of the molecule is Cc1cn2c(CNC(=O)OC(C)(C)C)cnc2s1. The molecule has 0 fully saturated rings. The zero-order valence-corrected chi connectivity index (χ0v) is 11.8. The maximum absolute atomic E-state index is 11.5. The summed E-state index contributed by atoms with van der Waals surface area (Å²) in [6, 6.07) is 0. The Labute approximate surface area is 110 Å². The van der Waals surface area contributed by atoms with Crippen LogP contribution in [0.15, 0.2) is 12.4 Å². The molecule has 5 nitrogen and oxygen atoms in total.